The molecule has 25 heavy (non-hydrogen) atoms. The molecule has 2 aliphatic rings. The van der Waals surface area contributed by atoms with E-state index in [1.54, 1.807) is 0 Å². The molecular weight excluding hydrogens is 357 g/mol. The van der Waals surface area contributed by atoms with Crippen LogP contribution in [0.3, 0.4) is 0 Å². The number of hydrogen-bond donors (Lipinski definition) is 0. The highest BCUT2D eigenvalue weighted by molar-refractivity contribution is 6.28. The van der Waals surface area contributed by atoms with E-state index < -0.39 is 0 Å². The van der Waals surface area contributed by atoms with Crippen molar-refractivity contribution in [1.29, 1.82) is 0 Å². The van der Waals surface area contributed by atoms with E-state index in [2.05, 4.69) is 30.8 Å². The summed E-state index contributed by atoms with van der Waals surface area (Å²) in [6.07, 6.45) is 4.85. The topological polar surface area (TPSA) is 45.2 Å². The lowest BCUT2D eigenvalue weighted by Gasteiger charge is -2.38. The molecule has 3 heterocycles. The minimum absolute atomic E-state index is 0.220. The van der Waals surface area contributed by atoms with Crippen LogP contribution in [-0.2, 0) is 12.8 Å². The fraction of sp³-hybridized carbons (Fsp3) is 0.500. The lowest BCUT2D eigenvalue weighted by molar-refractivity contribution is 0.631. The smallest absolute Gasteiger partial charge is 0.224 e. The van der Waals surface area contributed by atoms with Gasteiger partial charge in [0.25, 0.3) is 0 Å². The van der Waals surface area contributed by atoms with Crippen LogP contribution in [0, 0.1) is 6.92 Å². The summed E-state index contributed by atoms with van der Waals surface area (Å²) in [5, 5.41) is 0.536. The molecule has 4 rings (SSSR count). The van der Waals surface area contributed by atoms with Gasteiger partial charge in [-0.15, -0.1) is 11.6 Å². The molecule has 132 valence electrons. The molecule has 1 atom stereocenters. The number of fused-ring (bicyclic) bond motifs is 1. The summed E-state index contributed by atoms with van der Waals surface area (Å²) in [5.41, 5.74) is 4.78. The molecule has 5 nitrogen and oxygen atoms in total. The molecule has 1 unspecified atom stereocenters. The van der Waals surface area contributed by atoms with Crippen molar-refractivity contribution in [3.63, 3.8) is 0 Å². The number of halogens is 2. The van der Waals surface area contributed by atoms with Gasteiger partial charge in [0.05, 0.1) is 0 Å². The molecule has 1 aliphatic heterocycles. The van der Waals surface area contributed by atoms with Crippen LogP contribution < -0.4 is 9.80 Å². The van der Waals surface area contributed by atoms with Gasteiger partial charge in [0.1, 0.15) is 5.82 Å². The SMILES string of the molecule is Cc1cc(N2CCN(c3ccnc4c3CCC(Cl)C4)CC2)nc(Cl)n1. The fourth-order valence-corrected chi connectivity index (χ4v) is 4.21. The summed E-state index contributed by atoms with van der Waals surface area (Å²) in [5.74, 6) is 0.916. The van der Waals surface area contributed by atoms with Crippen molar-refractivity contribution in [2.45, 2.75) is 31.6 Å². The van der Waals surface area contributed by atoms with Crippen LogP contribution in [0.15, 0.2) is 18.3 Å². The monoisotopic (exact) mass is 377 g/mol. The predicted octanol–water partition coefficient (Wildman–Crippen LogP) is 3.26. The van der Waals surface area contributed by atoms with E-state index >= 15 is 0 Å². The van der Waals surface area contributed by atoms with E-state index in [1.807, 2.05) is 19.2 Å². The van der Waals surface area contributed by atoms with Crippen molar-refractivity contribution in [2.75, 3.05) is 36.0 Å². The third-order valence-electron chi connectivity index (χ3n) is 5.00. The largest absolute Gasteiger partial charge is 0.368 e. The highest BCUT2D eigenvalue weighted by Gasteiger charge is 2.25. The Hall–Kier alpha value is -1.59. The highest BCUT2D eigenvalue weighted by atomic mass is 35.5. The van der Waals surface area contributed by atoms with Crippen molar-refractivity contribution in [1.82, 2.24) is 15.0 Å². The number of anilines is 2. The standard InChI is InChI=1S/C18H21Cl2N5/c1-12-10-17(23-18(20)22-12)25-8-6-24(7-9-25)16-4-5-21-15-11-13(19)2-3-14(15)16/h4-5,10,13H,2-3,6-9,11H2,1H3. The molecule has 2 aromatic heterocycles. The summed E-state index contributed by atoms with van der Waals surface area (Å²) in [6.45, 7) is 5.70. The lowest BCUT2D eigenvalue weighted by atomic mass is 9.93. The highest BCUT2D eigenvalue weighted by Crippen LogP contribution is 2.31. The summed E-state index contributed by atoms with van der Waals surface area (Å²) >= 11 is 12.3. The quantitative estimate of drug-likeness (QED) is 0.593. The minimum Gasteiger partial charge on any atom is -0.368 e. The van der Waals surface area contributed by atoms with Gasteiger partial charge in [-0.1, -0.05) is 0 Å². The number of nitrogens with zero attached hydrogens (tertiary/aromatic N) is 5. The number of piperazine rings is 1. The molecule has 1 fully saturated rings. The third-order valence-corrected chi connectivity index (χ3v) is 5.54. The van der Waals surface area contributed by atoms with Crippen molar-refractivity contribution in [3.05, 3.63) is 40.6 Å². The zero-order valence-electron chi connectivity index (χ0n) is 14.3. The molecule has 7 heteroatoms. The van der Waals surface area contributed by atoms with Crippen molar-refractivity contribution in [2.24, 2.45) is 0 Å². The second-order valence-electron chi connectivity index (χ2n) is 6.71. The summed E-state index contributed by atoms with van der Waals surface area (Å²) < 4.78 is 0. The fourth-order valence-electron chi connectivity index (χ4n) is 3.74. The maximum Gasteiger partial charge on any atom is 0.224 e. The maximum atomic E-state index is 6.31. The Morgan fingerprint density at radius 3 is 2.64 bits per heavy atom. The van der Waals surface area contributed by atoms with Gasteiger partial charge in [-0.25, -0.2) is 9.97 Å². The summed E-state index contributed by atoms with van der Waals surface area (Å²) in [4.78, 5) is 17.8. The van der Waals surface area contributed by atoms with Gasteiger partial charge in [-0.05, 0) is 43.0 Å². The predicted molar refractivity (Wildman–Crippen MR) is 102 cm³/mol. The zero-order valence-corrected chi connectivity index (χ0v) is 15.8. The van der Waals surface area contributed by atoms with E-state index in [9.17, 15) is 0 Å². The van der Waals surface area contributed by atoms with Gasteiger partial charge in [-0.2, -0.15) is 0 Å². The molecule has 2 aromatic rings. The van der Waals surface area contributed by atoms with Gasteiger partial charge < -0.3 is 9.80 Å². The molecule has 1 saturated heterocycles. The molecule has 0 saturated carbocycles. The van der Waals surface area contributed by atoms with E-state index in [0.29, 0.717) is 5.28 Å². The van der Waals surface area contributed by atoms with Crippen LogP contribution in [0.4, 0.5) is 11.5 Å². The van der Waals surface area contributed by atoms with Crippen LogP contribution in [0.2, 0.25) is 5.28 Å². The average molecular weight is 378 g/mol. The van der Waals surface area contributed by atoms with Gasteiger partial charge in [-0.3, -0.25) is 4.98 Å². The maximum absolute atomic E-state index is 6.31. The van der Waals surface area contributed by atoms with E-state index in [-0.39, 0.29) is 5.38 Å². The van der Waals surface area contributed by atoms with E-state index in [0.717, 1.165) is 57.0 Å². The molecule has 0 N–H and O–H groups in total. The first-order valence-electron chi connectivity index (χ1n) is 8.72. The molecule has 0 amide bonds. The van der Waals surface area contributed by atoms with E-state index in [4.69, 9.17) is 23.2 Å². The Bertz CT molecular complexity index is 754. The van der Waals surface area contributed by atoms with E-state index in [1.165, 1.54) is 16.9 Å². The number of aromatic nitrogens is 3. The second kappa shape index (κ2) is 6.96. The Balaban J connectivity index is 1.50. The Kier molecular flexibility index (Phi) is 4.69. The first kappa shape index (κ1) is 16.9. The summed E-state index contributed by atoms with van der Waals surface area (Å²) in [6, 6.07) is 4.14. The zero-order chi connectivity index (χ0) is 17.4. The molecular formula is C18H21Cl2N5. The molecule has 0 aromatic carbocycles. The van der Waals surface area contributed by atoms with Gasteiger partial charge in [0.2, 0.25) is 5.28 Å². The van der Waals surface area contributed by atoms with Gasteiger partial charge in [0, 0.05) is 67.3 Å². The Morgan fingerprint density at radius 1 is 1.12 bits per heavy atom. The number of rotatable bonds is 2. The van der Waals surface area contributed by atoms with Crippen molar-refractivity contribution < 1.29 is 0 Å². The van der Waals surface area contributed by atoms with Gasteiger partial charge >= 0.3 is 0 Å². The van der Waals surface area contributed by atoms with Crippen LogP contribution >= 0.6 is 23.2 Å². The average Bonchev–Trinajstić information content (AvgIpc) is 2.60. The number of aryl methyl sites for hydroxylation is 1. The van der Waals surface area contributed by atoms with Crippen LogP contribution in [0.25, 0.3) is 0 Å². The Morgan fingerprint density at radius 2 is 1.88 bits per heavy atom. The number of pyridine rings is 1. The van der Waals surface area contributed by atoms with Gasteiger partial charge in [0.15, 0.2) is 0 Å². The van der Waals surface area contributed by atoms with Crippen LogP contribution in [0.1, 0.15) is 23.4 Å². The van der Waals surface area contributed by atoms with Crippen molar-refractivity contribution >= 4 is 34.7 Å². The molecule has 0 bridgehead atoms. The second-order valence-corrected chi connectivity index (χ2v) is 7.66. The molecule has 0 radical (unpaired) electrons. The number of hydrogen-bond acceptors (Lipinski definition) is 5. The van der Waals surface area contributed by atoms with Crippen LogP contribution in [-0.4, -0.2) is 46.5 Å². The number of alkyl halides is 1. The van der Waals surface area contributed by atoms with Crippen LogP contribution in [0.5, 0.6) is 0 Å². The molecule has 1 aliphatic carbocycles. The normalized spacial score (nSPS) is 20.5. The molecule has 0 spiro atoms. The third kappa shape index (κ3) is 3.53. The lowest BCUT2D eigenvalue weighted by Crippen LogP contribution is -2.47. The first-order valence-corrected chi connectivity index (χ1v) is 9.53. The first-order chi connectivity index (χ1) is 12.1. The Labute approximate surface area is 158 Å². The van der Waals surface area contributed by atoms with Crippen molar-refractivity contribution in [3.8, 4) is 0 Å². The summed E-state index contributed by atoms with van der Waals surface area (Å²) in [7, 11) is 0. The minimum atomic E-state index is 0.220.